The molecule has 4 bridgehead atoms. The fourth-order valence-electron chi connectivity index (χ4n) is 5.03. The highest BCUT2D eigenvalue weighted by Gasteiger charge is 2.59. The summed E-state index contributed by atoms with van der Waals surface area (Å²) in [5.41, 5.74) is -0.322. The Morgan fingerprint density at radius 1 is 1.23 bits per heavy atom. The van der Waals surface area contributed by atoms with Gasteiger partial charge in [0, 0.05) is 10.9 Å². The maximum atomic E-state index is 12.6. The van der Waals surface area contributed by atoms with Gasteiger partial charge in [0.15, 0.2) is 0 Å². The van der Waals surface area contributed by atoms with Gasteiger partial charge in [0.1, 0.15) is 6.61 Å². The van der Waals surface area contributed by atoms with Crippen LogP contribution in [0.5, 0.6) is 0 Å². The van der Waals surface area contributed by atoms with Gasteiger partial charge >= 0.3 is 6.18 Å². The second-order valence-corrected chi connectivity index (χ2v) is 9.00. The average molecular weight is 384 g/mol. The number of ether oxygens (including phenoxy) is 1. The van der Waals surface area contributed by atoms with E-state index in [1.165, 1.54) is 6.42 Å². The highest BCUT2D eigenvalue weighted by Crippen LogP contribution is 2.64. The highest BCUT2D eigenvalue weighted by atomic mass is 79.9. The Balaban J connectivity index is 1.50. The lowest BCUT2D eigenvalue weighted by atomic mass is 9.49. The quantitative estimate of drug-likeness (QED) is 0.583. The van der Waals surface area contributed by atoms with Crippen molar-refractivity contribution >= 4 is 21.8 Å². The molecule has 0 aromatic carbocycles. The van der Waals surface area contributed by atoms with E-state index >= 15 is 0 Å². The maximum absolute atomic E-state index is 12.6. The molecule has 4 aliphatic rings. The Labute approximate surface area is 136 Å². The molecule has 0 aromatic rings. The number of hydrogen-bond donors (Lipinski definition) is 1. The molecule has 0 spiro atoms. The third kappa shape index (κ3) is 3.45. The van der Waals surface area contributed by atoms with Crippen LogP contribution in [-0.2, 0) is 9.53 Å². The van der Waals surface area contributed by atoms with Gasteiger partial charge < -0.3 is 10.1 Å². The lowest BCUT2D eigenvalue weighted by Crippen LogP contribution is -2.58. The predicted octanol–water partition coefficient (Wildman–Crippen LogP) is 3.42. The van der Waals surface area contributed by atoms with E-state index in [2.05, 4.69) is 26.0 Å². The lowest BCUT2D eigenvalue weighted by molar-refractivity contribution is -0.173. The van der Waals surface area contributed by atoms with Gasteiger partial charge in [-0.2, -0.15) is 13.2 Å². The molecular weight excluding hydrogens is 363 g/mol. The molecule has 0 radical (unpaired) electrons. The Bertz CT molecular complexity index is 441. The van der Waals surface area contributed by atoms with Crippen molar-refractivity contribution in [3.63, 3.8) is 0 Å². The molecule has 126 valence electrons. The lowest BCUT2D eigenvalue weighted by Gasteiger charge is -2.59. The first-order chi connectivity index (χ1) is 10.2. The molecule has 4 rings (SSSR count). The molecule has 4 aliphatic carbocycles. The molecule has 22 heavy (non-hydrogen) atoms. The number of alkyl halides is 4. The van der Waals surface area contributed by atoms with Gasteiger partial charge in [-0.3, -0.25) is 4.79 Å². The van der Waals surface area contributed by atoms with Crippen molar-refractivity contribution in [3.8, 4) is 0 Å². The van der Waals surface area contributed by atoms with E-state index < -0.39 is 12.8 Å². The summed E-state index contributed by atoms with van der Waals surface area (Å²) >= 11 is 3.85. The molecule has 7 heteroatoms. The van der Waals surface area contributed by atoms with Crippen molar-refractivity contribution in [1.82, 2.24) is 5.32 Å². The predicted molar refractivity (Wildman–Crippen MR) is 78.7 cm³/mol. The van der Waals surface area contributed by atoms with Gasteiger partial charge in [-0.25, -0.2) is 0 Å². The highest BCUT2D eigenvalue weighted by molar-refractivity contribution is 9.10. The van der Waals surface area contributed by atoms with Crippen molar-refractivity contribution in [2.45, 2.75) is 49.0 Å². The first kappa shape index (κ1) is 16.6. The number of nitrogens with one attached hydrogen (secondary N) is 1. The molecule has 2 unspecified atom stereocenters. The SMILES string of the molecule is O=C(NCCOCC(F)(F)F)C12CC3CC(CC(Br)(C3)C1)C2. The van der Waals surface area contributed by atoms with E-state index in [9.17, 15) is 18.0 Å². The van der Waals surface area contributed by atoms with Crippen molar-refractivity contribution in [3.05, 3.63) is 0 Å². The summed E-state index contributed by atoms with van der Waals surface area (Å²) in [6.45, 7) is -1.22. The topological polar surface area (TPSA) is 38.3 Å². The minimum absolute atomic E-state index is 0.000957. The Kier molecular flexibility index (Phi) is 4.25. The smallest absolute Gasteiger partial charge is 0.370 e. The zero-order valence-electron chi connectivity index (χ0n) is 12.3. The summed E-state index contributed by atoms with van der Waals surface area (Å²) in [5, 5.41) is 2.79. The van der Waals surface area contributed by atoms with Gasteiger partial charge in [-0.15, -0.1) is 0 Å². The van der Waals surface area contributed by atoms with E-state index in [1.54, 1.807) is 0 Å². The molecule has 2 atom stereocenters. The van der Waals surface area contributed by atoms with Crippen LogP contribution in [0.4, 0.5) is 13.2 Å². The molecule has 3 nitrogen and oxygen atoms in total. The number of rotatable bonds is 5. The number of carbonyl (C=O) groups is 1. The number of halogens is 4. The van der Waals surface area contributed by atoms with Crippen LogP contribution in [0.2, 0.25) is 0 Å². The fourth-order valence-corrected chi connectivity index (χ4v) is 6.48. The molecule has 0 heterocycles. The zero-order valence-corrected chi connectivity index (χ0v) is 13.9. The number of carbonyl (C=O) groups excluding carboxylic acids is 1. The van der Waals surface area contributed by atoms with Gasteiger partial charge in [-0.05, 0) is 50.4 Å². The van der Waals surface area contributed by atoms with Gasteiger partial charge in [0.2, 0.25) is 5.91 Å². The summed E-state index contributed by atoms with van der Waals surface area (Å²) in [6, 6.07) is 0. The summed E-state index contributed by atoms with van der Waals surface area (Å²) < 4.78 is 40.6. The van der Waals surface area contributed by atoms with Gasteiger partial charge in [0.05, 0.1) is 12.0 Å². The standard InChI is InChI=1S/C15H21BrF3NO2/c16-14-6-10-3-11(7-14)5-13(4-10,8-14)12(21)20-1-2-22-9-15(17,18)19/h10-11H,1-9H2,(H,20,21). The second-order valence-electron chi connectivity index (χ2n) is 7.32. The van der Waals surface area contributed by atoms with Crippen LogP contribution in [0.3, 0.4) is 0 Å². The molecule has 0 aliphatic heterocycles. The Hall–Kier alpha value is -0.300. The van der Waals surface area contributed by atoms with Crippen LogP contribution in [0.1, 0.15) is 38.5 Å². The van der Waals surface area contributed by atoms with Crippen LogP contribution in [-0.4, -0.2) is 36.2 Å². The van der Waals surface area contributed by atoms with Crippen LogP contribution < -0.4 is 5.32 Å². The summed E-state index contributed by atoms with van der Waals surface area (Å²) in [5.74, 6) is 1.21. The molecule has 0 aromatic heterocycles. The van der Waals surface area contributed by atoms with Crippen molar-refractivity contribution in [2.24, 2.45) is 17.3 Å². The molecule has 1 amide bonds. The third-order valence-corrected chi connectivity index (χ3v) is 6.20. The second kappa shape index (κ2) is 5.65. The normalized spacial score (nSPS) is 40.0. The molecular formula is C15H21BrF3NO2. The first-order valence-corrected chi connectivity index (χ1v) is 8.61. The summed E-state index contributed by atoms with van der Waals surface area (Å²) in [7, 11) is 0. The molecule has 1 N–H and O–H groups in total. The van der Waals surface area contributed by atoms with Crippen molar-refractivity contribution < 1.29 is 22.7 Å². The van der Waals surface area contributed by atoms with E-state index in [0.29, 0.717) is 11.8 Å². The van der Waals surface area contributed by atoms with Gasteiger partial charge in [0.25, 0.3) is 0 Å². The van der Waals surface area contributed by atoms with Gasteiger partial charge in [-0.1, -0.05) is 15.9 Å². The minimum atomic E-state index is -4.31. The largest absolute Gasteiger partial charge is 0.411 e. The number of amides is 1. The molecule has 0 saturated heterocycles. The zero-order chi connectivity index (χ0) is 16.0. The van der Waals surface area contributed by atoms with Crippen LogP contribution in [0.15, 0.2) is 0 Å². The van der Waals surface area contributed by atoms with Crippen LogP contribution in [0.25, 0.3) is 0 Å². The number of hydrogen-bond acceptors (Lipinski definition) is 2. The fraction of sp³-hybridized carbons (Fsp3) is 0.933. The first-order valence-electron chi connectivity index (χ1n) is 7.82. The van der Waals surface area contributed by atoms with Crippen LogP contribution >= 0.6 is 15.9 Å². The average Bonchev–Trinajstić information content (AvgIpc) is 2.33. The Morgan fingerprint density at radius 3 is 2.41 bits per heavy atom. The molecule has 4 saturated carbocycles. The van der Waals surface area contributed by atoms with E-state index in [0.717, 1.165) is 32.1 Å². The third-order valence-electron chi connectivity index (χ3n) is 5.27. The monoisotopic (exact) mass is 383 g/mol. The Morgan fingerprint density at radius 2 is 1.86 bits per heavy atom. The van der Waals surface area contributed by atoms with E-state index in [1.807, 2.05) is 0 Å². The van der Waals surface area contributed by atoms with Crippen molar-refractivity contribution in [2.75, 3.05) is 19.8 Å². The molecule has 4 fully saturated rings. The summed E-state index contributed by atoms with van der Waals surface area (Å²) in [6.07, 6.45) is 1.89. The minimum Gasteiger partial charge on any atom is -0.370 e. The van der Waals surface area contributed by atoms with Crippen LogP contribution in [0, 0.1) is 17.3 Å². The van der Waals surface area contributed by atoms with E-state index in [-0.39, 0.29) is 28.8 Å². The van der Waals surface area contributed by atoms with E-state index in [4.69, 9.17) is 0 Å². The summed E-state index contributed by atoms with van der Waals surface area (Å²) in [4.78, 5) is 12.6. The maximum Gasteiger partial charge on any atom is 0.411 e. The van der Waals surface area contributed by atoms with Crippen molar-refractivity contribution in [1.29, 1.82) is 0 Å².